The number of ether oxygens (including phenoxy) is 2. The Kier molecular flexibility index (Phi) is 6.94. The van der Waals surface area contributed by atoms with E-state index in [0.29, 0.717) is 18.1 Å². The van der Waals surface area contributed by atoms with Gasteiger partial charge in [0.05, 0.1) is 20.1 Å². The Labute approximate surface area is 124 Å². The van der Waals surface area contributed by atoms with Gasteiger partial charge in [0.25, 0.3) is 0 Å². The van der Waals surface area contributed by atoms with Crippen LogP contribution in [0.15, 0.2) is 30.1 Å². The lowest BCUT2D eigenvalue weighted by Gasteiger charge is -2.17. The van der Waals surface area contributed by atoms with Crippen LogP contribution < -0.4 is 10.1 Å². The SMILES string of the molecule is CCOC(=O)CC(/C(C=N)=C/NC)c1ccc(OC)nc1. The predicted molar refractivity (Wildman–Crippen MR) is 80.7 cm³/mol. The highest BCUT2D eigenvalue weighted by Crippen LogP contribution is 2.27. The van der Waals surface area contributed by atoms with Gasteiger partial charge in [-0.2, -0.15) is 0 Å². The number of rotatable bonds is 8. The Morgan fingerprint density at radius 1 is 1.52 bits per heavy atom. The lowest BCUT2D eigenvalue weighted by molar-refractivity contribution is -0.143. The molecule has 0 aliphatic rings. The van der Waals surface area contributed by atoms with Crippen LogP contribution >= 0.6 is 0 Å². The molecule has 2 N–H and O–H groups in total. The zero-order valence-electron chi connectivity index (χ0n) is 12.6. The van der Waals surface area contributed by atoms with Crippen LogP contribution in [0.1, 0.15) is 24.8 Å². The summed E-state index contributed by atoms with van der Waals surface area (Å²) in [6, 6.07) is 3.57. The van der Waals surface area contributed by atoms with Gasteiger partial charge in [0.1, 0.15) is 0 Å². The van der Waals surface area contributed by atoms with Gasteiger partial charge in [0.2, 0.25) is 5.88 Å². The standard InChI is InChI=1S/C15H21N3O3/c1-4-21-15(19)7-13(12(8-16)9-17-2)11-5-6-14(20-3)18-10-11/h5-6,8-10,13,16-17H,4,7H2,1-3H3/b12-9+,16-8?. The molecule has 0 fully saturated rings. The van der Waals surface area contributed by atoms with E-state index in [0.717, 1.165) is 5.56 Å². The van der Waals surface area contributed by atoms with Crippen molar-refractivity contribution in [3.05, 3.63) is 35.7 Å². The van der Waals surface area contributed by atoms with Crippen LogP contribution in [0.2, 0.25) is 0 Å². The summed E-state index contributed by atoms with van der Waals surface area (Å²) >= 11 is 0. The van der Waals surface area contributed by atoms with E-state index in [2.05, 4.69) is 10.3 Å². The highest BCUT2D eigenvalue weighted by Gasteiger charge is 2.20. The normalized spacial score (nSPS) is 12.4. The zero-order chi connectivity index (χ0) is 15.7. The number of methoxy groups -OCH3 is 1. The summed E-state index contributed by atoms with van der Waals surface area (Å²) in [6.45, 7) is 2.10. The molecule has 0 saturated carbocycles. The van der Waals surface area contributed by atoms with Crippen molar-refractivity contribution in [1.29, 1.82) is 5.41 Å². The molecule has 114 valence electrons. The lowest BCUT2D eigenvalue weighted by Crippen LogP contribution is -2.15. The number of hydrogen-bond acceptors (Lipinski definition) is 6. The minimum atomic E-state index is -0.304. The van der Waals surface area contributed by atoms with Crippen molar-refractivity contribution in [2.45, 2.75) is 19.3 Å². The fourth-order valence-corrected chi connectivity index (χ4v) is 1.94. The second-order valence-corrected chi connectivity index (χ2v) is 4.27. The van der Waals surface area contributed by atoms with Crippen LogP contribution in [-0.2, 0) is 9.53 Å². The first kappa shape index (κ1) is 16.7. The summed E-state index contributed by atoms with van der Waals surface area (Å²) in [5, 5.41) is 10.4. The molecule has 1 unspecified atom stereocenters. The van der Waals surface area contributed by atoms with Crippen LogP contribution in [0.5, 0.6) is 5.88 Å². The minimum Gasteiger partial charge on any atom is -0.481 e. The molecule has 21 heavy (non-hydrogen) atoms. The number of aromatic nitrogens is 1. The number of nitrogens with one attached hydrogen (secondary N) is 2. The summed E-state index contributed by atoms with van der Waals surface area (Å²) in [5.41, 5.74) is 1.51. The van der Waals surface area contributed by atoms with Crippen LogP contribution in [0.3, 0.4) is 0 Å². The molecule has 0 bridgehead atoms. The van der Waals surface area contributed by atoms with Crippen LogP contribution in [0.4, 0.5) is 0 Å². The number of pyridine rings is 1. The van der Waals surface area contributed by atoms with Crippen molar-refractivity contribution in [3.63, 3.8) is 0 Å². The van der Waals surface area contributed by atoms with Gasteiger partial charge in [0.15, 0.2) is 0 Å². The van der Waals surface area contributed by atoms with Crippen molar-refractivity contribution < 1.29 is 14.3 Å². The summed E-state index contributed by atoms with van der Waals surface area (Å²) in [6.07, 6.45) is 4.73. The number of hydrogen-bond donors (Lipinski definition) is 2. The third-order valence-corrected chi connectivity index (χ3v) is 2.93. The molecule has 1 rings (SSSR count). The maximum Gasteiger partial charge on any atom is 0.306 e. The van der Waals surface area contributed by atoms with Crippen molar-refractivity contribution in [2.75, 3.05) is 20.8 Å². The van der Waals surface area contributed by atoms with Crippen molar-refractivity contribution in [2.24, 2.45) is 0 Å². The molecule has 1 atom stereocenters. The monoisotopic (exact) mass is 291 g/mol. The minimum absolute atomic E-state index is 0.157. The second-order valence-electron chi connectivity index (χ2n) is 4.27. The summed E-state index contributed by atoms with van der Waals surface area (Å²) in [4.78, 5) is 15.9. The predicted octanol–water partition coefficient (Wildman–Crippen LogP) is 1.88. The molecule has 0 aromatic carbocycles. The Bertz CT molecular complexity index is 497. The highest BCUT2D eigenvalue weighted by molar-refractivity contribution is 5.81. The molecular formula is C15H21N3O3. The third kappa shape index (κ3) is 4.91. The molecule has 6 heteroatoms. The number of carbonyl (C=O) groups excluding carboxylic acids is 1. The fourth-order valence-electron chi connectivity index (χ4n) is 1.94. The summed E-state index contributed by atoms with van der Waals surface area (Å²) in [5.74, 6) is -0.0859. The van der Waals surface area contributed by atoms with Gasteiger partial charge in [-0.3, -0.25) is 4.79 Å². The van der Waals surface area contributed by atoms with Gasteiger partial charge >= 0.3 is 5.97 Å². The first-order valence-corrected chi connectivity index (χ1v) is 6.69. The number of nitrogens with zero attached hydrogens (tertiary/aromatic N) is 1. The molecule has 1 aromatic heterocycles. The quantitative estimate of drug-likeness (QED) is 0.564. The Morgan fingerprint density at radius 2 is 2.29 bits per heavy atom. The van der Waals surface area contributed by atoms with Gasteiger partial charge in [-0.25, -0.2) is 4.98 Å². The molecule has 0 saturated heterocycles. The topological polar surface area (TPSA) is 84.3 Å². The Hall–Kier alpha value is -2.37. The summed E-state index contributed by atoms with van der Waals surface area (Å²) in [7, 11) is 3.29. The first-order chi connectivity index (χ1) is 10.2. The molecule has 6 nitrogen and oxygen atoms in total. The molecular weight excluding hydrogens is 270 g/mol. The average Bonchev–Trinajstić information content (AvgIpc) is 2.51. The van der Waals surface area contributed by atoms with Crippen molar-refractivity contribution in [1.82, 2.24) is 10.3 Å². The van der Waals surface area contributed by atoms with E-state index in [1.807, 2.05) is 6.07 Å². The van der Waals surface area contributed by atoms with E-state index < -0.39 is 0 Å². The highest BCUT2D eigenvalue weighted by atomic mass is 16.5. The van der Waals surface area contributed by atoms with Gasteiger partial charge in [-0.15, -0.1) is 0 Å². The Morgan fingerprint density at radius 3 is 2.76 bits per heavy atom. The molecule has 0 aliphatic heterocycles. The number of esters is 1. The van der Waals surface area contributed by atoms with E-state index in [4.69, 9.17) is 14.9 Å². The third-order valence-electron chi connectivity index (χ3n) is 2.93. The van der Waals surface area contributed by atoms with E-state index in [9.17, 15) is 4.79 Å². The zero-order valence-corrected chi connectivity index (χ0v) is 12.6. The molecule has 0 radical (unpaired) electrons. The van der Waals surface area contributed by atoms with E-state index >= 15 is 0 Å². The molecule has 0 spiro atoms. The van der Waals surface area contributed by atoms with Gasteiger partial charge in [0, 0.05) is 37.6 Å². The van der Waals surface area contributed by atoms with Gasteiger partial charge < -0.3 is 20.2 Å². The number of carbonyl (C=O) groups is 1. The molecule has 0 amide bonds. The van der Waals surface area contributed by atoms with Gasteiger partial charge in [-0.1, -0.05) is 6.07 Å². The van der Waals surface area contributed by atoms with E-state index in [1.165, 1.54) is 6.21 Å². The second kappa shape index (κ2) is 8.73. The van der Waals surface area contributed by atoms with Crippen LogP contribution in [-0.4, -0.2) is 37.9 Å². The first-order valence-electron chi connectivity index (χ1n) is 6.69. The van der Waals surface area contributed by atoms with Crippen LogP contribution in [0.25, 0.3) is 0 Å². The number of allylic oxidation sites excluding steroid dienone is 1. The van der Waals surface area contributed by atoms with E-state index in [1.54, 1.807) is 39.5 Å². The molecule has 1 aromatic rings. The fraction of sp³-hybridized carbons (Fsp3) is 0.400. The smallest absolute Gasteiger partial charge is 0.306 e. The largest absolute Gasteiger partial charge is 0.481 e. The van der Waals surface area contributed by atoms with Crippen molar-refractivity contribution >= 4 is 12.2 Å². The van der Waals surface area contributed by atoms with E-state index in [-0.39, 0.29) is 18.3 Å². The molecule has 1 heterocycles. The maximum absolute atomic E-state index is 11.8. The maximum atomic E-state index is 11.8. The average molecular weight is 291 g/mol. The molecule has 0 aliphatic carbocycles. The summed E-state index contributed by atoms with van der Waals surface area (Å²) < 4.78 is 10.0. The Balaban J connectivity index is 3.06. The lowest BCUT2D eigenvalue weighted by atomic mass is 9.90. The van der Waals surface area contributed by atoms with Crippen LogP contribution in [0, 0.1) is 5.41 Å². The van der Waals surface area contributed by atoms with Gasteiger partial charge in [-0.05, 0) is 18.1 Å². The van der Waals surface area contributed by atoms with Crippen molar-refractivity contribution in [3.8, 4) is 5.88 Å².